The molecule has 1 aromatic carbocycles. The Balaban J connectivity index is -0.000000182. The summed E-state index contributed by atoms with van der Waals surface area (Å²) in [5, 5.41) is 0.790. The van der Waals surface area contributed by atoms with Gasteiger partial charge in [-0.1, -0.05) is 66.3 Å². The van der Waals surface area contributed by atoms with Crippen LogP contribution in [0.4, 0.5) is 0 Å². The standard InChI is InChI=1S/C12H10OS.3C2H6.CH3.K/c1-3-9-8(2)14-11-7-5-4-6-10(11)12(9)13;3*1-2;;/h3-7H,1H2,2H3;3*1-2H3;1H3;/q;;;;-1;+1. The van der Waals surface area contributed by atoms with E-state index in [0.29, 0.717) is 0 Å². The Labute approximate surface area is 184 Å². The van der Waals surface area contributed by atoms with Crippen molar-refractivity contribution in [1.29, 1.82) is 0 Å². The van der Waals surface area contributed by atoms with Gasteiger partial charge in [0.05, 0.1) is 0 Å². The van der Waals surface area contributed by atoms with E-state index < -0.39 is 0 Å². The Morgan fingerprint density at radius 2 is 1.45 bits per heavy atom. The number of hydrogen-bond donors (Lipinski definition) is 0. The van der Waals surface area contributed by atoms with Crippen molar-refractivity contribution in [2.45, 2.75) is 48.5 Å². The van der Waals surface area contributed by atoms with Gasteiger partial charge in [-0.05, 0) is 19.1 Å². The van der Waals surface area contributed by atoms with Crippen LogP contribution in [0.1, 0.15) is 52.0 Å². The summed E-state index contributed by atoms with van der Waals surface area (Å²) in [5.41, 5.74) is 0.820. The van der Waals surface area contributed by atoms with Crippen molar-refractivity contribution < 1.29 is 51.4 Å². The largest absolute Gasteiger partial charge is 1.00 e. The monoisotopic (exact) mass is 346 g/mol. The van der Waals surface area contributed by atoms with E-state index in [1.165, 1.54) is 0 Å². The van der Waals surface area contributed by atoms with Crippen LogP contribution in [-0.2, 0) is 0 Å². The van der Waals surface area contributed by atoms with Gasteiger partial charge in [0, 0.05) is 20.5 Å². The molecule has 2 aromatic rings. The third kappa shape index (κ3) is 8.75. The number of aryl methyl sites for hydroxylation is 1. The van der Waals surface area contributed by atoms with Crippen molar-refractivity contribution in [3.05, 3.63) is 58.9 Å². The average molecular weight is 347 g/mol. The van der Waals surface area contributed by atoms with Gasteiger partial charge in [-0.15, -0.1) is 11.3 Å². The molecule has 1 aromatic heterocycles. The van der Waals surface area contributed by atoms with E-state index in [4.69, 9.17) is 0 Å². The van der Waals surface area contributed by atoms with Crippen molar-refractivity contribution >= 4 is 27.5 Å². The van der Waals surface area contributed by atoms with Gasteiger partial charge in [0.25, 0.3) is 0 Å². The van der Waals surface area contributed by atoms with Crippen molar-refractivity contribution in [3.63, 3.8) is 0 Å². The van der Waals surface area contributed by atoms with Crippen molar-refractivity contribution in [2.75, 3.05) is 0 Å². The molecule has 1 heterocycles. The smallest absolute Gasteiger partial charge is 0.358 e. The molecule has 120 valence electrons. The second-order valence-corrected chi connectivity index (χ2v) is 4.36. The number of rotatable bonds is 1. The quantitative estimate of drug-likeness (QED) is 0.568. The van der Waals surface area contributed by atoms with Crippen molar-refractivity contribution in [3.8, 4) is 0 Å². The maximum atomic E-state index is 11.9. The zero-order chi connectivity index (χ0) is 16.1. The fourth-order valence-corrected chi connectivity index (χ4v) is 2.54. The van der Waals surface area contributed by atoms with Gasteiger partial charge in [-0.25, -0.2) is 0 Å². The van der Waals surface area contributed by atoms with Gasteiger partial charge in [0.2, 0.25) is 0 Å². The molecule has 0 radical (unpaired) electrons. The van der Waals surface area contributed by atoms with Crippen LogP contribution >= 0.6 is 11.3 Å². The summed E-state index contributed by atoms with van der Waals surface area (Å²) in [6, 6.07) is 7.67. The van der Waals surface area contributed by atoms with E-state index in [-0.39, 0.29) is 64.2 Å². The zero-order valence-corrected chi connectivity index (χ0v) is 19.8. The molecule has 0 spiro atoms. The fourth-order valence-electron chi connectivity index (χ4n) is 1.50. The van der Waals surface area contributed by atoms with Crippen LogP contribution < -0.4 is 56.8 Å². The summed E-state index contributed by atoms with van der Waals surface area (Å²) in [7, 11) is 0. The van der Waals surface area contributed by atoms with Crippen LogP contribution in [0, 0.1) is 14.4 Å². The number of hydrogen-bond acceptors (Lipinski definition) is 2. The van der Waals surface area contributed by atoms with E-state index in [1.807, 2.05) is 72.7 Å². The van der Waals surface area contributed by atoms with E-state index in [2.05, 4.69) is 6.58 Å². The molecule has 0 unspecified atom stereocenters. The molecule has 1 nitrogen and oxygen atoms in total. The molecule has 0 amide bonds. The normalized spacial score (nSPS) is 7.41. The van der Waals surface area contributed by atoms with Gasteiger partial charge in [-0.2, -0.15) is 0 Å². The number of fused-ring (bicyclic) bond motifs is 1. The minimum absolute atomic E-state index is 0. The van der Waals surface area contributed by atoms with Gasteiger partial charge in [0.1, 0.15) is 0 Å². The predicted molar refractivity (Wildman–Crippen MR) is 103 cm³/mol. The second-order valence-electron chi connectivity index (χ2n) is 3.10. The SMILES string of the molecule is C=Cc1c(C)sc2ccccc2c1=O.CC.CC.CC.[CH3-].[K+]. The molecular weight excluding hydrogens is 315 g/mol. The molecule has 0 atom stereocenters. The second kappa shape index (κ2) is 19.3. The third-order valence-corrected chi connectivity index (χ3v) is 3.32. The Hall–Kier alpha value is 0.226. The van der Waals surface area contributed by atoms with Crippen LogP contribution in [0.5, 0.6) is 0 Å². The molecule has 0 aliphatic rings. The summed E-state index contributed by atoms with van der Waals surface area (Å²) >= 11 is 1.64. The summed E-state index contributed by atoms with van der Waals surface area (Å²) in [4.78, 5) is 12.9. The summed E-state index contributed by atoms with van der Waals surface area (Å²) in [6.07, 6.45) is 1.64. The van der Waals surface area contributed by atoms with Gasteiger partial charge < -0.3 is 7.43 Å². The zero-order valence-electron chi connectivity index (χ0n) is 15.9. The number of benzene rings is 1. The molecule has 0 N–H and O–H groups in total. The fraction of sp³-hybridized carbons (Fsp3) is 0.368. The van der Waals surface area contributed by atoms with Crippen LogP contribution in [0.15, 0.2) is 35.6 Å². The Bertz CT molecular complexity index is 559. The molecule has 22 heavy (non-hydrogen) atoms. The maximum Gasteiger partial charge on any atom is 1.00 e. The first-order chi connectivity index (χ1) is 9.74. The van der Waals surface area contributed by atoms with Crippen molar-refractivity contribution in [1.82, 2.24) is 0 Å². The van der Waals surface area contributed by atoms with E-state index >= 15 is 0 Å². The average Bonchev–Trinajstić information content (AvgIpc) is 2.54. The molecule has 3 heteroatoms. The Kier molecular flexibility index (Phi) is 26.4. The molecular formula is C19H31KOS. The minimum Gasteiger partial charge on any atom is -0.358 e. The summed E-state index contributed by atoms with van der Waals surface area (Å²) < 4.78 is 1.04. The summed E-state index contributed by atoms with van der Waals surface area (Å²) in [5.74, 6) is 0. The first-order valence-corrected chi connectivity index (χ1v) is 8.20. The Morgan fingerprint density at radius 3 is 1.91 bits per heavy atom. The molecule has 0 saturated heterocycles. The first kappa shape index (κ1) is 30.1. The molecule has 0 aliphatic carbocycles. The Morgan fingerprint density at radius 1 is 1.00 bits per heavy atom. The topological polar surface area (TPSA) is 17.1 Å². The van der Waals surface area contributed by atoms with E-state index in [9.17, 15) is 4.79 Å². The third-order valence-electron chi connectivity index (χ3n) is 2.22. The first-order valence-electron chi connectivity index (χ1n) is 7.39. The van der Waals surface area contributed by atoms with Crippen LogP contribution in [-0.4, -0.2) is 0 Å². The van der Waals surface area contributed by atoms with Crippen LogP contribution in [0.3, 0.4) is 0 Å². The van der Waals surface area contributed by atoms with Crippen LogP contribution in [0.2, 0.25) is 0 Å². The molecule has 0 aliphatic heterocycles. The van der Waals surface area contributed by atoms with E-state index in [1.54, 1.807) is 17.4 Å². The predicted octanol–water partition coefficient (Wildman–Crippen LogP) is 3.75. The summed E-state index contributed by atoms with van der Waals surface area (Å²) in [6.45, 7) is 17.6. The molecule has 0 bridgehead atoms. The molecule has 0 fully saturated rings. The van der Waals surface area contributed by atoms with Gasteiger partial charge in [0.15, 0.2) is 5.43 Å². The van der Waals surface area contributed by atoms with Gasteiger partial charge in [-0.3, -0.25) is 4.79 Å². The van der Waals surface area contributed by atoms with E-state index in [0.717, 1.165) is 20.5 Å². The van der Waals surface area contributed by atoms with Gasteiger partial charge >= 0.3 is 51.4 Å². The minimum atomic E-state index is 0. The maximum absolute atomic E-state index is 11.9. The molecule has 0 saturated carbocycles. The van der Waals surface area contributed by atoms with Crippen molar-refractivity contribution in [2.24, 2.45) is 0 Å². The van der Waals surface area contributed by atoms with Crippen LogP contribution in [0.25, 0.3) is 16.2 Å². The molecule has 2 rings (SSSR count).